The lowest BCUT2D eigenvalue weighted by Gasteiger charge is -2.13. The van der Waals surface area contributed by atoms with Gasteiger partial charge in [0, 0.05) is 6.42 Å². The number of hydrogen-bond donors (Lipinski definition) is 1. The third-order valence-corrected chi connectivity index (χ3v) is 2.71. The second-order valence-electron chi connectivity index (χ2n) is 4.10. The SMILES string of the molecule is O=C(CCc1ccc2c(c1)OCO2)C(O)C(F)(F)F. The highest BCUT2D eigenvalue weighted by Gasteiger charge is 2.42. The summed E-state index contributed by atoms with van der Waals surface area (Å²) >= 11 is 0. The summed E-state index contributed by atoms with van der Waals surface area (Å²) in [6.07, 6.45) is -8.11. The first-order chi connectivity index (χ1) is 8.88. The van der Waals surface area contributed by atoms with Gasteiger partial charge in [-0.3, -0.25) is 4.79 Å². The second kappa shape index (κ2) is 5.08. The highest BCUT2D eigenvalue weighted by atomic mass is 19.4. The summed E-state index contributed by atoms with van der Waals surface area (Å²) in [4.78, 5) is 11.2. The third-order valence-electron chi connectivity index (χ3n) is 2.71. The molecule has 0 saturated carbocycles. The molecule has 0 amide bonds. The van der Waals surface area contributed by atoms with Crippen LogP contribution in [0.1, 0.15) is 12.0 Å². The van der Waals surface area contributed by atoms with E-state index in [1.807, 2.05) is 0 Å². The van der Waals surface area contributed by atoms with Crippen LogP contribution in [0.25, 0.3) is 0 Å². The number of fused-ring (bicyclic) bond motifs is 1. The molecule has 1 aromatic rings. The van der Waals surface area contributed by atoms with Crippen LogP contribution in [0.5, 0.6) is 11.5 Å². The van der Waals surface area contributed by atoms with Crippen LogP contribution in [0, 0.1) is 0 Å². The van der Waals surface area contributed by atoms with Crippen LogP contribution in [0.4, 0.5) is 13.2 Å². The molecule has 19 heavy (non-hydrogen) atoms. The number of Topliss-reactive ketones (excluding diaryl/α,β-unsaturated/α-hetero) is 1. The minimum atomic E-state index is -4.91. The molecule has 0 spiro atoms. The van der Waals surface area contributed by atoms with Gasteiger partial charge in [-0.2, -0.15) is 13.2 Å². The maximum Gasteiger partial charge on any atom is 0.421 e. The van der Waals surface area contributed by atoms with Gasteiger partial charge in [0.05, 0.1) is 0 Å². The Balaban J connectivity index is 1.94. The molecule has 1 aliphatic heterocycles. The van der Waals surface area contributed by atoms with Crippen LogP contribution in [0.3, 0.4) is 0 Å². The summed E-state index contributed by atoms with van der Waals surface area (Å²) in [6.45, 7) is 0.102. The number of benzene rings is 1. The quantitative estimate of drug-likeness (QED) is 0.911. The Hall–Kier alpha value is -1.76. The fourth-order valence-electron chi connectivity index (χ4n) is 1.68. The third kappa shape index (κ3) is 3.17. The first-order valence-corrected chi connectivity index (χ1v) is 5.54. The molecule has 0 saturated heterocycles. The standard InChI is InChI=1S/C12H11F3O4/c13-12(14,15)11(17)8(16)3-1-7-2-4-9-10(5-7)19-6-18-9/h2,4-5,11,17H,1,3,6H2. The van der Waals surface area contributed by atoms with Crippen molar-refractivity contribution in [2.45, 2.75) is 25.1 Å². The average molecular weight is 276 g/mol. The minimum absolute atomic E-state index is 0.0998. The Kier molecular flexibility index (Phi) is 3.66. The summed E-state index contributed by atoms with van der Waals surface area (Å²) in [7, 11) is 0. The van der Waals surface area contributed by atoms with Gasteiger partial charge in [0.15, 0.2) is 17.3 Å². The van der Waals surface area contributed by atoms with Crippen LogP contribution in [-0.4, -0.2) is 30.0 Å². The van der Waals surface area contributed by atoms with E-state index in [2.05, 4.69) is 0 Å². The number of ketones is 1. The zero-order valence-corrected chi connectivity index (χ0v) is 9.74. The van der Waals surface area contributed by atoms with E-state index in [0.717, 1.165) is 0 Å². The maximum absolute atomic E-state index is 12.1. The van der Waals surface area contributed by atoms with E-state index in [9.17, 15) is 18.0 Å². The smallest absolute Gasteiger partial charge is 0.421 e. The number of carbonyl (C=O) groups is 1. The molecule has 0 aromatic heterocycles. The molecule has 0 aliphatic carbocycles. The zero-order valence-electron chi connectivity index (χ0n) is 9.74. The van der Waals surface area contributed by atoms with Crippen LogP contribution >= 0.6 is 0 Å². The van der Waals surface area contributed by atoms with Gasteiger partial charge in [-0.15, -0.1) is 0 Å². The predicted octanol–water partition coefficient (Wildman–Crippen LogP) is 1.84. The Morgan fingerprint density at radius 1 is 1.32 bits per heavy atom. The molecule has 4 nitrogen and oxygen atoms in total. The molecule has 104 valence electrons. The fraction of sp³-hybridized carbons (Fsp3) is 0.417. The van der Waals surface area contributed by atoms with Gasteiger partial charge in [-0.05, 0) is 24.1 Å². The number of ether oxygens (including phenoxy) is 2. The van der Waals surface area contributed by atoms with Crippen molar-refractivity contribution < 1.29 is 32.5 Å². The summed E-state index contributed by atoms with van der Waals surface area (Å²) in [5.41, 5.74) is 0.645. The summed E-state index contributed by atoms with van der Waals surface area (Å²) < 4.78 is 46.5. The lowest BCUT2D eigenvalue weighted by Crippen LogP contribution is -2.36. The highest BCUT2D eigenvalue weighted by Crippen LogP contribution is 2.33. The molecule has 1 unspecified atom stereocenters. The number of aliphatic hydroxyl groups excluding tert-OH is 1. The van der Waals surface area contributed by atoms with E-state index in [-0.39, 0.29) is 19.6 Å². The van der Waals surface area contributed by atoms with Gasteiger partial charge >= 0.3 is 6.18 Å². The van der Waals surface area contributed by atoms with E-state index in [1.165, 1.54) is 0 Å². The molecule has 1 atom stereocenters. The molecule has 7 heteroatoms. The van der Waals surface area contributed by atoms with E-state index in [4.69, 9.17) is 14.6 Å². The Morgan fingerprint density at radius 2 is 2.00 bits per heavy atom. The summed E-state index contributed by atoms with van der Waals surface area (Å²) in [5.74, 6) is -0.183. The minimum Gasteiger partial charge on any atom is -0.454 e. The van der Waals surface area contributed by atoms with Gasteiger partial charge in [-0.25, -0.2) is 0 Å². The first kappa shape index (κ1) is 13.7. The van der Waals surface area contributed by atoms with Crippen molar-refractivity contribution in [2.24, 2.45) is 0 Å². The van der Waals surface area contributed by atoms with Crippen molar-refractivity contribution in [3.63, 3.8) is 0 Å². The van der Waals surface area contributed by atoms with Gasteiger partial charge in [0.1, 0.15) is 0 Å². The van der Waals surface area contributed by atoms with E-state index < -0.39 is 18.1 Å². The summed E-state index contributed by atoms with van der Waals surface area (Å²) in [6, 6.07) is 4.87. The molecular weight excluding hydrogens is 265 g/mol. The van der Waals surface area contributed by atoms with Crippen LogP contribution < -0.4 is 9.47 Å². The highest BCUT2D eigenvalue weighted by molar-refractivity contribution is 5.83. The molecule has 0 fully saturated rings. The predicted molar refractivity (Wildman–Crippen MR) is 58.0 cm³/mol. The number of aryl methyl sites for hydroxylation is 1. The largest absolute Gasteiger partial charge is 0.454 e. The molecule has 0 bridgehead atoms. The Labute approximate surface area is 106 Å². The normalized spacial score (nSPS) is 15.4. The second-order valence-corrected chi connectivity index (χ2v) is 4.10. The van der Waals surface area contributed by atoms with Gasteiger partial charge in [0.2, 0.25) is 12.9 Å². The number of carbonyl (C=O) groups excluding carboxylic acids is 1. The Morgan fingerprint density at radius 3 is 2.68 bits per heavy atom. The maximum atomic E-state index is 12.1. The van der Waals surface area contributed by atoms with Crippen molar-refractivity contribution in [3.8, 4) is 11.5 Å². The fourth-order valence-corrected chi connectivity index (χ4v) is 1.68. The van der Waals surface area contributed by atoms with Crippen LogP contribution in [0.15, 0.2) is 18.2 Å². The van der Waals surface area contributed by atoms with E-state index in [1.54, 1.807) is 18.2 Å². The van der Waals surface area contributed by atoms with Crippen molar-refractivity contribution in [1.82, 2.24) is 0 Å². The van der Waals surface area contributed by atoms with Crippen LogP contribution in [0.2, 0.25) is 0 Å². The zero-order chi connectivity index (χ0) is 14.0. The number of aliphatic hydroxyl groups is 1. The van der Waals surface area contributed by atoms with Crippen molar-refractivity contribution >= 4 is 5.78 Å². The molecule has 1 aromatic carbocycles. The van der Waals surface area contributed by atoms with Gasteiger partial charge < -0.3 is 14.6 Å². The summed E-state index contributed by atoms with van der Waals surface area (Å²) in [5, 5.41) is 8.77. The molecule has 1 heterocycles. The van der Waals surface area contributed by atoms with Crippen molar-refractivity contribution in [1.29, 1.82) is 0 Å². The average Bonchev–Trinajstić information content (AvgIpc) is 2.81. The number of rotatable bonds is 4. The first-order valence-electron chi connectivity index (χ1n) is 5.54. The molecule has 1 aliphatic rings. The van der Waals surface area contributed by atoms with Crippen molar-refractivity contribution in [2.75, 3.05) is 6.79 Å². The number of halogens is 3. The van der Waals surface area contributed by atoms with Gasteiger partial charge in [0.25, 0.3) is 0 Å². The molecule has 2 rings (SSSR count). The molecule has 0 radical (unpaired) electrons. The lowest BCUT2D eigenvalue weighted by molar-refractivity contribution is -0.203. The van der Waals surface area contributed by atoms with E-state index >= 15 is 0 Å². The van der Waals surface area contributed by atoms with Gasteiger partial charge in [-0.1, -0.05) is 6.07 Å². The molecule has 1 N–H and O–H groups in total. The lowest BCUT2D eigenvalue weighted by atomic mass is 10.0. The topological polar surface area (TPSA) is 55.8 Å². The number of hydrogen-bond acceptors (Lipinski definition) is 4. The number of alkyl halides is 3. The van der Waals surface area contributed by atoms with Crippen LogP contribution in [-0.2, 0) is 11.2 Å². The Bertz CT molecular complexity index is 484. The van der Waals surface area contributed by atoms with Crippen molar-refractivity contribution in [3.05, 3.63) is 23.8 Å². The van der Waals surface area contributed by atoms with E-state index in [0.29, 0.717) is 17.1 Å². The monoisotopic (exact) mass is 276 g/mol. The molecular formula is C12H11F3O4.